The second-order valence-corrected chi connectivity index (χ2v) is 6.61. The van der Waals surface area contributed by atoms with Gasteiger partial charge in [-0.25, -0.2) is 15.0 Å². The molecule has 0 saturated carbocycles. The minimum absolute atomic E-state index is 0.649. The molecule has 110 valence electrons. The van der Waals surface area contributed by atoms with Gasteiger partial charge in [0, 0.05) is 18.5 Å². The zero-order valence-electron chi connectivity index (χ0n) is 11.5. The average molecular weight is 374 g/mol. The Morgan fingerprint density at radius 1 is 1.23 bits per heavy atom. The Kier molecular flexibility index (Phi) is 3.51. The lowest BCUT2D eigenvalue weighted by Crippen LogP contribution is -2.11. The number of hydrogen-bond donors (Lipinski definition) is 1. The number of halogens is 1. The Balaban J connectivity index is 1.48. The molecule has 0 aliphatic rings. The predicted octanol–water partition coefficient (Wildman–Crippen LogP) is 3.92. The van der Waals surface area contributed by atoms with Gasteiger partial charge in [-0.15, -0.1) is 11.3 Å². The summed E-state index contributed by atoms with van der Waals surface area (Å²) in [6, 6.07) is 8.12. The fourth-order valence-corrected chi connectivity index (χ4v) is 3.80. The second-order valence-electron chi connectivity index (χ2n) is 4.84. The van der Waals surface area contributed by atoms with E-state index in [1.54, 1.807) is 11.3 Å². The molecule has 4 rings (SSSR count). The van der Waals surface area contributed by atoms with Crippen LogP contribution in [0.1, 0.15) is 0 Å². The van der Waals surface area contributed by atoms with Crippen molar-refractivity contribution < 1.29 is 0 Å². The fourth-order valence-electron chi connectivity index (χ4n) is 2.36. The van der Waals surface area contributed by atoms with Crippen LogP contribution in [0.15, 0.2) is 46.6 Å². The van der Waals surface area contributed by atoms with Crippen molar-refractivity contribution in [3.63, 3.8) is 0 Å². The van der Waals surface area contributed by atoms with Crippen molar-refractivity contribution in [1.82, 2.24) is 19.5 Å². The van der Waals surface area contributed by atoms with Gasteiger partial charge in [0.25, 0.3) is 0 Å². The molecule has 7 heteroatoms. The van der Waals surface area contributed by atoms with E-state index in [1.807, 2.05) is 36.1 Å². The normalized spacial score (nSPS) is 11.3. The van der Waals surface area contributed by atoms with Gasteiger partial charge in [0.1, 0.15) is 5.52 Å². The Hall–Kier alpha value is -1.99. The first-order valence-corrected chi connectivity index (χ1v) is 8.52. The number of nitrogens with zero attached hydrogens (tertiary/aromatic N) is 4. The highest BCUT2D eigenvalue weighted by Gasteiger charge is 2.06. The summed E-state index contributed by atoms with van der Waals surface area (Å²) in [5.74, 6) is 0.649. The molecule has 0 atom stereocenters. The first-order valence-electron chi connectivity index (χ1n) is 6.85. The van der Waals surface area contributed by atoms with E-state index < -0.39 is 0 Å². The van der Waals surface area contributed by atoms with Crippen molar-refractivity contribution in [1.29, 1.82) is 0 Å². The molecule has 1 N–H and O–H groups in total. The number of benzene rings is 1. The van der Waals surface area contributed by atoms with E-state index in [1.165, 1.54) is 0 Å². The smallest absolute Gasteiger partial charge is 0.223 e. The van der Waals surface area contributed by atoms with E-state index in [0.717, 1.165) is 38.8 Å². The van der Waals surface area contributed by atoms with E-state index in [-0.39, 0.29) is 0 Å². The van der Waals surface area contributed by atoms with Crippen LogP contribution in [-0.2, 0) is 6.54 Å². The average Bonchev–Trinajstić information content (AvgIpc) is 3.12. The number of anilines is 1. The van der Waals surface area contributed by atoms with Gasteiger partial charge in [-0.2, -0.15) is 0 Å². The Morgan fingerprint density at radius 2 is 2.14 bits per heavy atom. The molecule has 0 saturated heterocycles. The molecule has 0 fully saturated rings. The van der Waals surface area contributed by atoms with Crippen LogP contribution in [-0.4, -0.2) is 26.1 Å². The van der Waals surface area contributed by atoms with Crippen molar-refractivity contribution in [2.24, 2.45) is 0 Å². The number of nitrogens with one attached hydrogen (secondary N) is 1. The molecule has 1 aromatic carbocycles. The van der Waals surface area contributed by atoms with E-state index in [0.29, 0.717) is 5.95 Å². The molecule has 0 spiro atoms. The number of aromatic nitrogens is 4. The Morgan fingerprint density at radius 3 is 3.09 bits per heavy atom. The summed E-state index contributed by atoms with van der Waals surface area (Å²) < 4.78 is 4.22. The highest BCUT2D eigenvalue weighted by atomic mass is 79.9. The molecule has 0 bridgehead atoms. The summed E-state index contributed by atoms with van der Waals surface area (Å²) in [5, 5.41) is 5.30. The van der Waals surface area contributed by atoms with Crippen molar-refractivity contribution >= 4 is 54.5 Å². The molecule has 3 aromatic heterocycles. The van der Waals surface area contributed by atoms with Gasteiger partial charge in [-0.1, -0.05) is 12.1 Å². The Labute approximate surface area is 139 Å². The maximum atomic E-state index is 4.53. The molecule has 0 radical (unpaired) electrons. The van der Waals surface area contributed by atoms with Crippen molar-refractivity contribution in [3.05, 3.63) is 46.6 Å². The molecule has 0 amide bonds. The third kappa shape index (κ3) is 2.46. The lowest BCUT2D eigenvalue weighted by atomic mass is 10.3. The molecular formula is C15H12BrN5S. The molecule has 5 nitrogen and oxygen atoms in total. The lowest BCUT2D eigenvalue weighted by Gasteiger charge is -2.06. The van der Waals surface area contributed by atoms with Crippen LogP contribution in [0.2, 0.25) is 0 Å². The third-order valence-electron chi connectivity index (χ3n) is 3.43. The molecule has 0 unspecified atom stereocenters. The van der Waals surface area contributed by atoms with Crippen LogP contribution in [0.5, 0.6) is 0 Å². The topological polar surface area (TPSA) is 55.6 Å². The Bertz CT molecular complexity index is 945. The monoisotopic (exact) mass is 373 g/mol. The van der Waals surface area contributed by atoms with Crippen LogP contribution >= 0.6 is 27.3 Å². The SMILES string of the molecule is Brc1csc2cnc(NCCn3cnc4ccccc43)nc12. The van der Waals surface area contributed by atoms with Crippen molar-refractivity contribution in [2.75, 3.05) is 11.9 Å². The molecule has 0 aliphatic heterocycles. The maximum Gasteiger partial charge on any atom is 0.223 e. The highest BCUT2D eigenvalue weighted by Crippen LogP contribution is 2.28. The summed E-state index contributed by atoms with van der Waals surface area (Å²) in [5.41, 5.74) is 3.11. The zero-order chi connectivity index (χ0) is 14.9. The van der Waals surface area contributed by atoms with Gasteiger partial charge in [0.15, 0.2) is 0 Å². The first-order chi connectivity index (χ1) is 10.8. The second kappa shape index (κ2) is 5.66. The van der Waals surface area contributed by atoms with Gasteiger partial charge in [-0.3, -0.25) is 0 Å². The summed E-state index contributed by atoms with van der Waals surface area (Å²) in [4.78, 5) is 13.3. The number of fused-ring (bicyclic) bond motifs is 2. The van der Waals surface area contributed by atoms with E-state index in [9.17, 15) is 0 Å². The van der Waals surface area contributed by atoms with Crippen molar-refractivity contribution in [3.8, 4) is 0 Å². The largest absolute Gasteiger partial charge is 0.352 e. The summed E-state index contributed by atoms with van der Waals surface area (Å²) >= 11 is 5.14. The van der Waals surface area contributed by atoms with Gasteiger partial charge in [0.05, 0.1) is 32.7 Å². The van der Waals surface area contributed by atoms with E-state index in [4.69, 9.17) is 0 Å². The van der Waals surface area contributed by atoms with Crippen LogP contribution in [0, 0.1) is 0 Å². The van der Waals surface area contributed by atoms with Gasteiger partial charge in [-0.05, 0) is 28.1 Å². The van der Waals surface area contributed by atoms with Crippen LogP contribution in [0.3, 0.4) is 0 Å². The van der Waals surface area contributed by atoms with Crippen LogP contribution < -0.4 is 5.32 Å². The predicted molar refractivity (Wildman–Crippen MR) is 93.3 cm³/mol. The van der Waals surface area contributed by atoms with Gasteiger partial charge >= 0.3 is 0 Å². The zero-order valence-corrected chi connectivity index (χ0v) is 13.9. The molecule has 3 heterocycles. The minimum Gasteiger partial charge on any atom is -0.352 e. The number of thiophene rings is 1. The van der Waals surface area contributed by atoms with Crippen LogP contribution in [0.4, 0.5) is 5.95 Å². The fraction of sp³-hybridized carbons (Fsp3) is 0.133. The first kappa shape index (κ1) is 13.7. The van der Waals surface area contributed by atoms with Crippen molar-refractivity contribution in [2.45, 2.75) is 6.54 Å². The van der Waals surface area contributed by atoms with E-state index >= 15 is 0 Å². The molecular weight excluding hydrogens is 362 g/mol. The van der Waals surface area contributed by atoms with Gasteiger partial charge in [0.2, 0.25) is 5.95 Å². The summed E-state index contributed by atoms with van der Waals surface area (Å²) in [6.07, 6.45) is 3.72. The lowest BCUT2D eigenvalue weighted by molar-refractivity contribution is 0.745. The minimum atomic E-state index is 0.649. The number of hydrogen-bond acceptors (Lipinski definition) is 5. The third-order valence-corrected chi connectivity index (χ3v) is 5.25. The summed E-state index contributed by atoms with van der Waals surface area (Å²) in [6.45, 7) is 1.56. The summed E-state index contributed by atoms with van der Waals surface area (Å²) in [7, 11) is 0. The van der Waals surface area contributed by atoms with Gasteiger partial charge < -0.3 is 9.88 Å². The molecule has 0 aliphatic carbocycles. The van der Waals surface area contributed by atoms with Crippen LogP contribution in [0.25, 0.3) is 21.3 Å². The quantitative estimate of drug-likeness (QED) is 0.588. The number of para-hydroxylation sites is 2. The standard InChI is InChI=1S/C15H12BrN5S/c16-10-8-22-13-7-18-15(20-14(10)13)17-5-6-21-9-19-11-3-1-2-4-12(11)21/h1-4,7-9H,5-6H2,(H,17,18,20). The maximum absolute atomic E-state index is 4.53. The number of imidazole rings is 1. The molecule has 4 aromatic rings. The van der Waals surface area contributed by atoms with E-state index in [2.05, 4.69) is 46.8 Å². The highest BCUT2D eigenvalue weighted by molar-refractivity contribution is 9.10. The molecule has 22 heavy (non-hydrogen) atoms. The number of rotatable bonds is 4.